The van der Waals surface area contributed by atoms with E-state index < -0.39 is 23.9 Å². The Balaban J connectivity index is 2.24. The molecule has 0 radical (unpaired) electrons. The first-order valence-electron chi connectivity index (χ1n) is 4.70. The summed E-state index contributed by atoms with van der Waals surface area (Å²) >= 11 is 0. The predicted molar refractivity (Wildman–Crippen MR) is 45.3 cm³/mol. The van der Waals surface area contributed by atoms with Crippen LogP contribution in [0.25, 0.3) is 0 Å². The van der Waals surface area contributed by atoms with Gasteiger partial charge in [-0.15, -0.1) is 0 Å². The Kier molecular flexibility index (Phi) is 2.21. The normalized spacial score (nSPS) is 42.5. The third kappa shape index (κ3) is 1.22. The Morgan fingerprint density at radius 3 is 2.29 bits per heavy atom. The number of carbonyl (C=O) groups is 1. The van der Waals surface area contributed by atoms with E-state index in [2.05, 4.69) is 4.74 Å². The first-order valence-corrected chi connectivity index (χ1v) is 4.70. The molecule has 0 aromatic carbocycles. The number of esters is 1. The van der Waals surface area contributed by atoms with Crippen LogP contribution in [0, 0.1) is 0 Å². The van der Waals surface area contributed by atoms with Crippen LogP contribution < -0.4 is 0 Å². The second-order valence-electron chi connectivity index (χ2n) is 4.03. The van der Waals surface area contributed by atoms with Gasteiger partial charge in [0.25, 0.3) is 0 Å². The van der Waals surface area contributed by atoms with Gasteiger partial charge in [-0.1, -0.05) is 0 Å². The molecule has 3 nitrogen and oxygen atoms in total. The number of halogens is 2. The van der Waals surface area contributed by atoms with Crippen LogP contribution in [-0.4, -0.2) is 49.0 Å². The van der Waals surface area contributed by atoms with Gasteiger partial charge in [-0.2, -0.15) is 0 Å². The fourth-order valence-corrected chi connectivity index (χ4v) is 2.59. The van der Waals surface area contributed by atoms with Crippen molar-refractivity contribution in [1.29, 1.82) is 0 Å². The van der Waals surface area contributed by atoms with E-state index in [1.165, 1.54) is 7.11 Å². The van der Waals surface area contributed by atoms with E-state index >= 15 is 0 Å². The highest BCUT2D eigenvalue weighted by Crippen LogP contribution is 2.41. The number of rotatable bonds is 1. The van der Waals surface area contributed by atoms with Gasteiger partial charge < -0.3 is 4.74 Å². The van der Waals surface area contributed by atoms with Gasteiger partial charge in [0, 0.05) is 25.9 Å². The summed E-state index contributed by atoms with van der Waals surface area (Å²) in [7, 11) is 1.26. The van der Waals surface area contributed by atoms with Crippen LogP contribution in [-0.2, 0) is 9.53 Å². The third-order valence-corrected chi connectivity index (χ3v) is 3.13. The van der Waals surface area contributed by atoms with Crippen LogP contribution in [0.2, 0.25) is 0 Å². The molecule has 2 rings (SSSR count). The highest BCUT2D eigenvalue weighted by atomic mass is 19.1. The molecule has 2 heterocycles. The zero-order chi connectivity index (χ0) is 10.3. The average molecular weight is 205 g/mol. The van der Waals surface area contributed by atoms with Gasteiger partial charge in [0.2, 0.25) is 0 Å². The van der Waals surface area contributed by atoms with Crippen molar-refractivity contribution in [3.05, 3.63) is 0 Å². The summed E-state index contributed by atoms with van der Waals surface area (Å²) in [4.78, 5) is 13.1. The lowest BCUT2D eigenvalue weighted by Crippen LogP contribution is -2.46. The third-order valence-electron chi connectivity index (χ3n) is 3.13. The molecular weight excluding hydrogens is 192 g/mol. The average Bonchev–Trinajstić information content (AvgIpc) is 2.55. The summed E-state index contributed by atoms with van der Waals surface area (Å²) in [5.41, 5.74) is -1.02. The molecule has 14 heavy (non-hydrogen) atoms. The number of nitrogens with zero attached hydrogens (tertiary/aromatic N) is 1. The second-order valence-corrected chi connectivity index (χ2v) is 4.03. The smallest absolute Gasteiger partial charge is 0.326 e. The molecule has 0 saturated carbocycles. The number of fused-ring (bicyclic) bond motifs is 1. The van der Waals surface area contributed by atoms with Crippen molar-refractivity contribution >= 4 is 5.97 Å². The van der Waals surface area contributed by atoms with Crippen molar-refractivity contribution in [3.8, 4) is 0 Å². The van der Waals surface area contributed by atoms with Crippen molar-refractivity contribution in [2.75, 3.05) is 20.2 Å². The second kappa shape index (κ2) is 3.15. The summed E-state index contributed by atoms with van der Waals surface area (Å²) < 4.78 is 30.9. The fourth-order valence-electron chi connectivity index (χ4n) is 2.59. The number of hydrogen-bond donors (Lipinski definition) is 0. The molecule has 0 N–H and O–H groups in total. The van der Waals surface area contributed by atoms with Gasteiger partial charge in [-0.05, 0) is 0 Å². The minimum Gasteiger partial charge on any atom is -0.468 e. The molecule has 0 bridgehead atoms. The van der Waals surface area contributed by atoms with Crippen LogP contribution >= 0.6 is 0 Å². The van der Waals surface area contributed by atoms with Crippen molar-refractivity contribution in [1.82, 2.24) is 4.90 Å². The van der Waals surface area contributed by atoms with Crippen LogP contribution in [0.3, 0.4) is 0 Å². The first kappa shape index (κ1) is 9.83. The van der Waals surface area contributed by atoms with Gasteiger partial charge in [0.15, 0.2) is 0 Å². The summed E-state index contributed by atoms with van der Waals surface area (Å²) in [5, 5.41) is 0. The Morgan fingerprint density at radius 2 is 1.86 bits per heavy atom. The van der Waals surface area contributed by atoms with E-state index in [9.17, 15) is 13.6 Å². The number of carbonyl (C=O) groups excluding carboxylic acids is 1. The lowest BCUT2D eigenvalue weighted by atomic mass is 9.93. The van der Waals surface area contributed by atoms with Gasteiger partial charge in [0.1, 0.15) is 17.9 Å². The molecule has 0 unspecified atom stereocenters. The molecule has 5 heteroatoms. The van der Waals surface area contributed by atoms with Crippen molar-refractivity contribution in [2.45, 2.75) is 30.7 Å². The quantitative estimate of drug-likeness (QED) is 0.590. The van der Waals surface area contributed by atoms with Gasteiger partial charge in [-0.25, -0.2) is 8.78 Å². The number of ether oxygens (including phenoxy) is 1. The van der Waals surface area contributed by atoms with E-state index in [0.717, 1.165) is 0 Å². The fraction of sp³-hybridized carbons (Fsp3) is 0.889. The molecule has 3 atom stereocenters. The molecule has 80 valence electrons. The molecule has 2 fully saturated rings. The summed E-state index contributed by atoms with van der Waals surface area (Å²) in [5.74, 6) is -0.502. The molecule has 2 aliphatic rings. The van der Waals surface area contributed by atoms with Crippen LogP contribution in [0.5, 0.6) is 0 Å². The number of alkyl halides is 2. The Bertz CT molecular complexity index is 245. The minimum absolute atomic E-state index is 0.0695. The molecule has 2 saturated heterocycles. The molecule has 2 aliphatic heterocycles. The van der Waals surface area contributed by atoms with Crippen LogP contribution in [0.4, 0.5) is 8.78 Å². The first-order chi connectivity index (χ1) is 6.58. The summed E-state index contributed by atoms with van der Waals surface area (Å²) in [6.07, 6.45) is -1.94. The SMILES string of the molecule is COC(=O)[C@@]12C[C@H](F)CN1C[C@H](F)C2. The van der Waals surface area contributed by atoms with Crippen molar-refractivity contribution in [2.24, 2.45) is 0 Å². The topological polar surface area (TPSA) is 29.5 Å². The molecule has 0 aromatic heterocycles. The monoisotopic (exact) mass is 205 g/mol. The van der Waals surface area contributed by atoms with Gasteiger partial charge in [0.05, 0.1) is 7.11 Å². The van der Waals surface area contributed by atoms with E-state index in [1.54, 1.807) is 4.90 Å². The summed E-state index contributed by atoms with van der Waals surface area (Å²) in [6, 6.07) is 0. The Labute approximate surface area is 81.0 Å². The number of hydrogen-bond acceptors (Lipinski definition) is 3. The van der Waals surface area contributed by atoms with E-state index in [0.29, 0.717) is 0 Å². The molecule has 0 aromatic rings. The maximum atomic E-state index is 13.1. The van der Waals surface area contributed by atoms with Gasteiger partial charge in [-0.3, -0.25) is 9.69 Å². The van der Waals surface area contributed by atoms with Crippen LogP contribution in [0.15, 0.2) is 0 Å². The van der Waals surface area contributed by atoms with Crippen molar-refractivity contribution < 1.29 is 18.3 Å². The number of methoxy groups -OCH3 is 1. The Morgan fingerprint density at radius 1 is 1.36 bits per heavy atom. The van der Waals surface area contributed by atoms with Crippen molar-refractivity contribution in [3.63, 3.8) is 0 Å². The lowest BCUT2D eigenvalue weighted by Gasteiger charge is -2.27. The van der Waals surface area contributed by atoms with E-state index in [1.807, 2.05) is 0 Å². The molecule has 0 aliphatic carbocycles. The maximum Gasteiger partial charge on any atom is 0.326 e. The molecular formula is C9H13F2NO2. The maximum absolute atomic E-state index is 13.1. The predicted octanol–water partition coefficient (Wildman–Crippen LogP) is 0.684. The zero-order valence-corrected chi connectivity index (χ0v) is 8.00. The molecule has 0 amide bonds. The minimum atomic E-state index is -1.04. The van der Waals surface area contributed by atoms with E-state index in [-0.39, 0.29) is 25.9 Å². The van der Waals surface area contributed by atoms with Crippen LogP contribution in [0.1, 0.15) is 12.8 Å². The highest BCUT2D eigenvalue weighted by molar-refractivity contribution is 5.82. The highest BCUT2D eigenvalue weighted by Gasteiger charge is 2.58. The van der Waals surface area contributed by atoms with Gasteiger partial charge >= 0.3 is 5.97 Å². The summed E-state index contributed by atoms with van der Waals surface area (Å²) in [6.45, 7) is 0.297. The molecule has 0 spiro atoms. The van der Waals surface area contributed by atoms with E-state index in [4.69, 9.17) is 0 Å². The standard InChI is InChI=1S/C9H13F2NO2/c1-14-8(13)9-2-6(10)4-12(9)5-7(11)3-9/h6-7H,2-5H2,1H3/t6-,7+,9-. The zero-order valence-electron chi connectivity index (χ0n) is 8.00. The largest absolute Gasteiger partial charge is 0.468 e. The Hall–Kier alpha value is -0.710. The lowest BCUT2D eigenvalue weighted by molar-refractivity contribution is -0.151.